The number of carbonyl (C=O) groups is 2. The number of nitrogens with one attached hydrogen (secondary N) is 2. The Labute approximate surface area is 130 Å². The first-order valence-electron chi connectivity index (χ1n) is 6.45. The molecule has 0 spiro atoms. The molecular formula is C14H12N4O5. The van der Waals surface area contributed by atoms with Gasteiger partial charge in [-0.2, -0.15) is 5.10 Å². The number of amides is 2. The number of nitro groups is 1. The van der Waals surface area contributed by atoms with E-state index in [1.165, 1.54) is 12.1 Å². The van der Waals surface area contributed by atoms with E-state index in [0.29, 0.717) is 5.56 Å². The maximum Gasteiger partial charge on any atom is 0.433 e. The van der Waals surface area contributed by atoms with Gasteiger partial charge in [-0.05, 0) is 18.2 Å². The molecule has 2 aromatic rings. The Kier molecular flexibility index (Phi) is 5.18. The fraction of sp³-hybridized carbons (Fsp3) is 0.0714. The van der Waals surface area contributed by atoms with Crippen molar-refractivity contribution < 1.29 is 18.9 Å². The zero-order valence-corrected chi connectivity index (χ0v) is 11.8. The maximum atomic E-state index is 11.7. The highest BCUT2D eigenvalue weighted by Gasteiger charge is 2.10. The molecule has 9 nitrogen and oxygen atoms in total. The Morgan fingerprint density at radius 2 is 1.96 bits per heavy atom. The Morgan fingerprint density at radius 1 is 1.22 bits per heavy atom. The predicted molar refractivity (Wildman–Crippen MR) is 79.9 cm³/mol. The monoisotopic (exact) mass is 316 g/mol. The van der Waals surface area contributed by atoms with E-state index in [2.05, 4.69) is 15.8 Å². The summed E-state index contributed by atoms with van der Waals surface area (Å²) >= 11 is 0. The van der Waals surface area contributed by atoms with Crippen LogP contribution in [-0.2, 0) is 4.79 Å². The van der Waals surface area contributed by atoms with Gasteiger partial charge in [0.15, 0.2) is 5.76 Å². The molecule has 9 heteroatoms. The molecule has 118 valence electrons. The van der Waals surface area contributed by atoms with Gasteiger partial charge >= 0.3 is 5.88 Å². The quantitative estimate of drug-likeness (QED) is 0.468. The van der Waals surface area contributed by atoms with E-state index in [-0.39, 0.29) is 18.2 Å². The summed E-state index contributed by atoms with van der Waals surface area (Å²) in [5.74, 6) is -1.24. The molecule has 0 radical (unpaired) electrons. The second-order valence-electron chi connectivity index (χ2n) is 4.27. The molecule has 1 aromatic heterocycles. The lowest BCUT2D eigenvalue weighted by Crippen LogP contribution is -2.34. The van der Waals surface area contributed by atoms with Crippen molar-refractivity contribution in [1.29, 1.82) is 0 Å². The first kappa shape index (κ1) is 15.9. The summed E-state index contributed by atoms with van der Waals surface area (Å²) < 4.78 is 4.81. The van der Waals surface area contributed by atoms with Gasteiger partial charge in [0.25, 0.3) is 11.8 Å². The minimum Gasteiger partial charge on any atom is -0.400 e. The van der Waals surface area contributed by atoms with Crippen molar-refractivity contribution in [2.75, 3.05) is 6.54 Å². The van der Waals surface area contributed by atoms with Crippen LogP contribution in [0.15, 0.2) is 52.0 Å². The summed E-state index contributed by atoms with van der Waals surface area (Å²) in [5.41, 5.74) is 2.60. The van der Waals surface area contributed by atoms with E-state index < -0.39 is 16.7 Å². The standard InChI is InChI=1S/C14H12N4O5/c19-12(9-15-14(20)10-4-2-1-3-5-10)17-16-8-11-6-7-13(23-11)18(21)22/h1-8H,9H2,(H,15,20)(H,17,19)/b16-8-. The van der Waals surface area contributed by atoms with Crippen LogP contribution in [-0.4, -0.2) is 29.5 Å². The van der Waals surface area contributed by atoms with Crippen LogP contribution >= 0.6 is 0 Å². The molecule has 0 saturated carbocycles. The smallest absolute Gasteiger partial charge is 0.400 e. The lowest BCUT2D eigenvalue weighted by molar-refractivity contribution is -0.402. The number of rotatable bonds is 6. The molecule has 2 N–H and O–H groups in total. The number of hydrogen-bond acceptors (Lipinski definition) is 6. The van der Waals surface area contributed by atoms with Crippen LogP contribution < -0.4 is 10.7 Å². The van der Waals surface area contributed by atoms with Crippen molar-refractivity contribution in [2.45, 2.75) is 0 Å². The fourth-order valence-corrected chi connectivity index (χ4v) is 1.57. The number of furan rings is 1. The van der Waals surface area contributed by atoms with E-state index in [0.717, 1.165) is 6.21 Å². The van der Waals surface area contributed by atoms with Gasteiger partial charge in [-0.1, -0.05) is 18.2 Å². The van der Waals surface area contributed by atoms with Gasteiger partial charge in [0.05, 0.1) is 18.8 Å². The second-order valence-corrected chi connectivity index (χ2v) is 4.27. The number of hydrogen-bond donors (Lipinski definition) is 2. The normalized spacial score (nSPS) is 10.4. The van der Waals surface area contributed by atoms with Crippen molar-refractivity contribution in [3.63, 3.8) is 0 Å². The van der Waals surface area contributed by atoms with Gasteiger partial charge < -0.3 is 9.73 Å². The molecule has 2 amide bonds. The van der Waals surface area contributed by atoms with Crippen LogP contribution in [0.3, 0.4) is 0 Å². The highest BCUT2D eigenvalue weighted by Crippen LogP contribution is 2.13. The molecule has 23 heavy (non-hydrogen) atoms. The highest BCUT2D eigenvalue weighted by molar-refractivity contribution is 5.96. The van der Waals surface area contributed by atoms with Gasteiger partial charge in [0.1, 0.15) is 4.92 Å². The number of hydrazone groups is 1. The lowest BCUT2D eigenvalue weighted by Gasteiger charge is -2.03. The predicted octanol–water partition coefficient (Wildman–Crippen LogP) is 1.07. The van der Waals surface area contributed by atoms with Crippen molar-refractivity contribution in [2.24, 2.45) is 5.10 Å². The molecule has 0 aliphatic heterocycles. The average molecular weight is 316 g/mol. The fourth-order valence-electron chi connectivity index (χ4n) is 1.57. The third kappa shape index (κ3) is 4.77. The molecule has 0 fully saturated rings. The number of carbonyl (C=O) groups excluding carboxylic acids is 2. The van der Waals surface area contributed by atoms with Crippen LogP contribution in [0.5, 0.6) is 0 Å². The zero-order chi connectivity index (χ0) is 16.7. The molecule has 2 rings (SSSR count). The van der Waals surface area contributed by atoms with Gasteiger partial charge in [0, 0.05) is 5.56 Å². The van der Waals surface area contributed by atoms with Crippen LogP contribution in [0.4, 0.5) is 5.88 Å². The minimum absolute atomic E-state index is 0.116. The Bertz CT molecular complexity index is 739. The summed E-state index contributed by atoms with van der Waals surface area (Å²) in [6, 6.07) is 10.9. The van der Waals surface area contributed by atoms with E-state index in [1.807, 2.05) is 0 Å². The number of benzene rings is 1. The second kappa shape index (κ2) is 7.50. The van der Waals surface area contributed by atoms with Gasteiger partial charge in [-0.15, -0.1) is 0 Å². The molecule has 1 aromatic carbocycles. The van der Waals surface area contributed by atoms with Crippen LogP contribution in [0.1, 0.15) is 16.1 Å². The molecule has 0 atom stereocenters. The van der Waals surface area contributed by atoms with E-state index >= 15 is 0 Å². The van der Waals surface area contributed by atoms with E-state index in [4.69, 9.17) is 4.42 Å². The minimum atomic E-state index is -0.685. The summed E-state index contributed by atoms with van der Waals surface area (Å²) in [6.07, 6.45) is 1.11. The Balaban J connectivity index is 1.77. The summed E-state index contributed by atoms with van der Waals surface area (Å²) in [6.45, 7) is -0.261. The van der Waals surface area contributed by atoms with Crippen molar-refractivity contribution in [3.8, 4) is 0 Å². The van der Waals surface area contributed by atoms with Crippen LogP contribution in [0.25, 0.3) is 0 Å². The SMILES string of the molecule is O=C(CNC(=O)c1ccccc1)N/N=C\c1ccc([N+](=O)[O-])o1. The number of nitrogens with zero attached hydrogens (tertiary/aromatic N) is 2. The van der Waals surface area contributed by atoms with Crippen LogP contribution in [0.2, 0.25) is 0 Å². The topological polar surface area (TPSA) is 127 Å². The van der Waals surface area contributed by atoms with Gasteiger partial charge in [-0.3, -0.25) is 19.7 Å². The average Bonchev–Trinajstić information content (AvgIpc) is 3.02. The highest BCUT2D eigenvalue weighted by atomic mass is 16.6. The zero-order valence-electron chi connectivity index (χ0n) is 11.8. The molecular weight excluding hydrogens is 304 g/mol. The van der Waals surface area contributed by atoms with Gasteiger partial charge in [0.2, 0.25) is 0 Å². The lowest BCUT2D eigenvalue weighted by atomic mass is 10.2. The van der Waals surface area contributed by atoms with Crippen molar-refractivity contribution in [1.82, 2.24) is 10.7 Å². The maximum absolute atomic E-state index is 11.7. The van der Waals surface area contributed by atoms with E-state index in [1.54, 1.807) is 30.3 Å². The molecule has 0 aliphatic carbocycles. The summed E-state index contributed by atoms with van der Waals surface area (Å²) in [5, 5.41) is 16.4. The van der Waals surface area contributed by atoms with Crippen LogP contribution in [0, 0.1) is 10.1 Å². The Hall–Kier alpha value is -3.49. The third-order valence-electron chi connectivity index (χ3n) is 2.62. The van der Waals surface area contributed by atoms with Crippen molar-refractivity contribution in [3.05, 3.63) is 63.9 Å². The molecule has 0 aliphatic rings. The molecule has 0 unspecified atom stereocenters. The third-order valence-corrected chi connectivity index (χ3v) is 2.62. The molecule has 0 bridgehead atoms. The summed E-state index contributed by atoms with van der Waals surface area (Å²) in [4.78, 5) is 32.9. The first-order chi connectivity index (χ1) is 11.1. The largest absolute Gasteiger partial charge is 0.433 e. The van der Waals surface area contributed by atoms with Gasteiger partial charge in [-0.25, -0.2) is 5.43 Å². The molecule has 1 heterocycles. The summed E-state index contributed by atoms with van der Waals surface area (Å²) in [7, 11) is 0. The first-order valence-corrected chi connectivity index (χ1v) is 6.45. The Morgan fingerprint density at radius 3 is 2.61 bits per heavy atom. The van der Waals surface area contributed by atoms with Crippen molar-refractivity contribution >= 4 is 23.9 Å². The van der Waals surface area contributed by atoms with E-state index in [9.17, 15) is 19.7 Å². The molecule has 0 saturated heterocycles.